The molecular weight excluding hydrogens is 146 g/mol. The Labute approximate surface area is 64.2 Å². The normalized spacial score (nSPS) is 10.1. The van der Waals surface area contributed by atoms with Crippen LogP contribution in [0.25, 0.3) is 0 Å². The van der Waals surface area contributed by atoms with Crippen molar-refractivity contribution in [3.05, 3.63) is 12.5 Å². The molecule has 0 aliphatic heterocycles. The van der Waals surface area contributed by atoms with Gasteiger partial charge in [0.25, 0.3) is 0 Å². The molecule has 0 radical (unpaired) electrons. The van der Waals surface area contributed by atoms with Crippen molar-refractivity contribution < 1.29 is 13.9 Å². The van der Waals surface area contributed by atoms with Gasteiger partial charge in [-0.15, -0.1) is 0 Å². The molecule has 11 heavy (non-hydrogen) atoms. The van der Waals surface area contributed by atoms with Crippen molar-refractivity contribution >= 4 is 5.97 Å². The Balaban J connectivity index is 2.50. The van der Waals surface area contributed by atoms with Gasteiger partial charge in [-0.2, -0.15) is 4.98 Å². The van der Waals surface area contributed by atoms with E-state index in [1.165, 1.54) is 12.5 Å². The molecule has 1 aromatic rings. The number of hydrogen-bond acceptors (Lipinski definition) is 4. The number of esters is 1. The minimum Gasteiger partial charge on any atom is -0.417 e. The van der Waals surface area contributed by atoms with E-state index in [0.717, 1.165) is 0 Å². The van der Waals surface area contributed by atoms with E-state index in [4.69, 9.17) is 9.15 Å². The average Bonchev–Trinajstić information content (AvgIpc) is 2.39. The van der Waals surface area contributed by atoms with E-state index in [2.05, 4.69) is 4.98 Å². The molecular formula is C7H9NO3. The lowest BCUT2D eigenvalue weighted by molar-refractivity contribution is -0.139. The molecule has 0 atom stereocenters. The van der Waals surface area contributed by atoms with Crippen LogP contribution in [0.1, 0.15) is 13.8 Å². The van der Waals surface area contributed by atoms with Crippen LogP contribution in [-0.4, -0.2) is 11.0 Å². The first kappa shape index (κ1) is 7.78. The van der Waals surface area contributed by atoms with Gasteiger partial charge in [-0.25, -0.2) is 0 Å². The molecule has 0 fully saturated rings. The van der Waals surface area contributed by atoms with Crippen molar-refractivity contribution in [2.45, 2.75) is 13.8 Å². The summed E-state index contributed by atoms with van der Waals surface area (Å²) in [5.41, 5.74) is 0. The summed E-state index contributed by atoms with van der Waals surface area (Å²) >= 11 is 0. The number of ether oxygens (including phenoxy) is 1. The van der Waals surface area contributed by atoms with Crippen LogP contribution < -0.4 is 4.74 Å². The van der Waals surface area contributed by atoms with Crippen LogP contribution in [0, 0.1) is 5.92 Å². The Bertz CT molecular complexity index is 228. The largest absolute Gasteiger partial charge is 0.417 e. The quantitative estimate of drug-likeness (QED) is 0.603. The van der Waals surface area contributed by atoms with Crippen molar-refractivity contribution in [3.63, 3.8) is 0 Å². The van der Waals surface area contributed by atoms with Crippen LogP contribution in [-0.2, 0) is 4.79 Å². The molecule has 0 aliphatic carbocycles. The second-order valence-corrected chi connectivity index (χ2v) is 2.37. The topological polar surface area (TPSA) is 52.3 Å². The predicted molar refractivity (Wildman–Crippen MR) is 37.0 cm³/mol. The molecule has 1 heterocycles. The van der Waals surface area contributed by atoms with Gasteiger partial charge < -0.3 is 9.15 Å². The SMILES string of the molecule is CC(C)C(=O)Oc1ncco1. The number of nitrogens with zero attached hydrogens (tertiary/aromatic N) is 1. The first-order valence-electron chi connectivity index (χ1n) is 3.31. The van der Waals surface area contributed by atoms with Gasteiger partial charge in [-0.1, -0.05) is 13.8 Å². The zero-order valence-electron chi connectivity index (χ0n) is 6.40. The highest BCUT2D eigenvalue weighted by atomic mass is 16.6. The third-order valence-electron chi connectivity index (χ3n) is 1.07. The summed E-state index contributed by atoms with van der Waals surface area (Å²) in [6, 6.07) is 0. The fraction of sp³-hybridized carbons (Fsp3) is 0.429. The van der Waals surface area contributed by atoms with Crippen LogP contribution in [0.4, 0.5) is 0 Å². The maximum Gasteiger partial charge on any atom is 0.401 e. The van der Waals surface area contributed by atoms with Gasteiger partial charge in [0, 0.05) is 0 Å². The smallest absolute Gasteiger partial charge is 0.401 e. The molecule has 0 bridgehead atoms. The summed E-state index contributed by atoms with van der Waals surface area (Å²) in [4.78, 5) is 14.5. The molecule has 0 unspecified atom stereocenters. The molecule has 1 rings (SSSR count). The highest BCUT2D eigenvalue weighted by Crippen LogP contribution is 2.07. The second kappa shape index (κ2) is 3.18. The molecule has 0 saturated carbocycles. The highest BCUT2D eigenvalue weighted by Gasteiger charge is 2.11. The molecule has 4 nitrogen and oxygen atoms in total. The summed E-state index contributed by atoms with van der Waals surface area (Å²) in [6.07, 6.45) is 2.77. The van der Waals surface area contributed by atoms with Crippen molar-refractivity contribution in [1.82, 2.24) is 4.98 Å². The van der Waals surface area contributed by atoms with E-state index >= 15 is 0 Å². The van der Waals surface area contributed by atoms with Gasteiger partial charge in [0.2, 0.25) is 0 Å². The maximum absolute atomic E-state index is 10.9. The summed E-state index contributed by atoms with van der Waals surface area (Å²) in [7, 11) is 0. The van der Waals surface area contributed by atoms with Crippen LogP contribution in [0.15, 0.2) is 16.9 Å². The molecule has 60 valence electrons. The number of carbonyl (C=O) groups is 1. The third kappa shape index (κ3) is 2.07. The predicted octanol–water partition coefficient (Wildman–Crippen LogP) is 1.24. The number of carbonyl (C=O) groups excluding carboxylic acids is 1. The van der Waals surface area contributed by atoms with E-state index < -0.39 is 0 Å². The molecule has 0 N–H and O–H groups in total. The van der Waals surface area contributed by atoms with E-state index in [-0.39, 0.29) is 18.0 Å². The first-order chi connectivity index (χ1) is 5.20. The Morgan fingerprint density at radius 3 is 2.91 bits per heavy atom. The summed E-state index contributed by atoms with van der Waals surface area (Å²) in [5, 5.41) is 0. The van der Waals surface area contributed by atoms with Gasteiger partial charge in [0.1, 0.15) is 6.26 Å². The number of aromatic nitrogens is 1. The average molecular weight is 155 g/mol. The van der Waals surface area contributed by atoms with Gasteiger partial charge in [-0.3, -0.25) is 4.79 Å². The molecule has 0 aliphatic rings. The van der Waals surface area contributed by atoms with Crippen LogP contribution in [0.5, 0.6) is 6.08 Å². The zero-order valence-corrected chi connectivity index (χ0v) is 6.40. The second-order valence-electron chi connectivity index (χ2n) is 2.37. The van der Waals surface area contributed by atoms with Crippen LogP contribution >= 0.6 is 0 Å². The fourth-order valence-corrected chi connectivity index (χ4v) is 0.465. The lowest BCUT2D eigenvalue weighted by Gasteiger charge is -2.00. The summed E-state index contributed by atoms with van der Waals surface area (Å²) < 4.78 is 9.40. The van der Waals surface area contributed by atoms with Gasteiger partial charge in [0.15, 0.2) is 0 Å². The first-order valence-corrected chi connectivity index (χ1v) is 3.31. The van der Waals surface area contributed by atoms with Crippen molar-refractivity contribution in [1.29, 1.82) is 0 Å². The van der Waals surface area contributed by atoms with Crippen molar-refractivity contribution in [2.75, 3.05) is 0 Å². The Kier molecular flexibility index (Phi) is 2.25. The fourth-order valence-electron chi connectivity index (χ4n) is 0.465. The zero-order chi connectivity index (χ0) is 8.27. The monoisotopic (exact) mass is 155 g/mol. The van der Waals surface area contributed by atoms with Gasteiger partial charge >= 0.3 is 12.0 Å². The molecule has 0 amide bonds. The Morgan fingerprint density at radius 2 is 2.45 bits per heavy atom. The van der Waals surface area contributed by atoms with Crippen molar-refractivity contribution in [2.24, 2.45) is 5.92 Å². The third-order valence-corrected chi connectivity index (χ3v) is 1.07. The van der Waals surface area contributed by atoms with E-state index in [1.54, 1.807) is 13.8 Å². The standard InChI is InChI=1S/C7H9NO3/c1-5(2)6(9)11-7-8-3-4-10-7/h3-5H,1-2H3. The summed E-state index contributed by atoms with van der Waals surface area (Å²) in [5.74, 6) is -0.505. The van der Waals surface area contributed by atoms with E-state index in [0.29, 0.717) is 0 Å². The summed E-state index contributed by atoms with van der Waals surface area (Å²) in [6.45, 7) is 3.48. The minimum atomic E-state index is -0.340. The van der Waals surface area contributed by atoms with Gasteiger partial charge in [-0.05, 0) is 0 Å². The lowest BCUT2D eigenvalue weighted by Crippen LogP contribution is -2.14. The Hall–Kier alpha value is -1.32. The van der Waals surface area contributed by atoms with Crippen LogP contribution in [0.3, 0.4) is 0 Å². The van der Waals surface area contributed by atoms with Crippen LogP contribution in [0.2, 0.25) is 0 Å². The highest BCUT2D eigenvalue weighted by molar-refractivity contribution is 5.73. The van der Waals surface area contributed by atoms with Crippen molar-refractivity contribution in [3.8, 4) is 6.08 Å². The van der Waals surface area contributed by atoms with Gasteiger partial charge in [0.05, 0.1) is 12.1 Å². The Morgan fingerprint density at radius 1 is 1.73 bits per heavy atom. The minimum absolute atomic E-state index is 0.00343. The lowest BCUT2D eigenvalue weighted by atomic mass is 10.2. The molecule has 1 aromatic heterocycles. The maximum atomic E-state index is 10.9. The number of hydrogen-bond donors (Lipinski definition) is 0. The number of oxazole rings is 1. The van der Waals surface area contributed by atoms with E-state index in [9.17, 15) is 4.79 Å². The molecule has 0 aromatic carbocycles. The number of rotatable bonds is 2. The molecule has 4 heteroatoms. The molecule has 0 saturated heterocycles. The van der Waals surface area contributed by atoms with E-state index in [1.807, 2.05) is 0 Å². The molecule has 0 spiro atoms.